The SMILES string of the molecule is CCC1CCCN(c2cc3c(cc2N)CCC(=O)N3)CC1. The number of nitrogens with zero attached hydrogens (tertiary/aromatic N) is 1. The van der Waals surface area contributed by atoms with Gasteiger partial charge >= 0.3 is 0 Å². The van der Waals surface area contributed by atoms with E-state index >= 15 is 0 Å². The highest BCUT2D eigenvalue weighted by molar-refractivity contribution is 5.95. The summed E-state index contributed by atoms with van der Waals surface area (Å²) in [5, 5.41) is 2.98. The van der Waals surface area contributed by atoms with Crippen molar-refractivity contribution in [2.24, 2.45) is 5.92 Å². The Kier molecular flexibility index (Phi) is 4.04. The van der Waals surface area contributed by atoms with E-state index in [1.165, 1.54) is 25.7 Å². The molecule has 1 fully saturated rings. The second kappa shape index (κ2) is 5.96. The van der Waals surface area contributed by atoms with E-state index in [1.54, 1.807) is 0 Å². The van der Waals surface area contributed by atoms with Crippen molar-refractivity contribution in [1.29, 1.82) is 0 Å². The zero-order valence-corrected chi connectivity index (χ0v) is 12.8. The van der Waals surface area contributed by atoms with Gasteiger partial charge in [-0.25, -0.2) is 0 Å². The van der Waals surface area contributed by atoms with Crippen LogP contribution in [0.15, 0.2) is 12.1 Å². The van der Waals surface area contributed by atoms with Gasteiger partial charge in [0.15, 0.2) is 0 Å². The first-order chi connectivity index (χ1) is 10.2. The molecule has 4 heteroatoms. The molecule has 114 valence electrons. The molecule has 0 spiro atoms. The second-order valence-electron chi connectivity index (χ2n) is 6.31. The third-order valence-electron chi connectivity index (χ3n) is 4.91. The lowest BCUT2D eigenvalue weighted by Gasteiger charge is -2.27. The molecule has 4 nitrogen and oxygen atoms in total. The number of amides is 1. The molecule has 1 aromatic carbocycles. The molecule has 0 bridgehead atoms. The Balaban J connectivity index is 1.84. The number of benzene rings is 1. The van der Waals surface area contributed by atoms with Crippen molar-refractivity contribution in [2.45, 2.75) is 45.4 Å². The average Bonchev–Trinajstić information content (AvgIpc) is 2.72. The summed E-state index contributed by atoms with van der Waals surface area (Å²) in [6.07, 6.45) is 6.40. The van der Waals surface area contributed by atoms with Crippen LogP contribution in [0.4, 0.5) is 17.1 Å². The number of hydrogen-bond acceptors (Lipinski definition) is 3. The number of nitrogen functional groups attached to an aromatic ring is 1. The number of anilines is 3. The largest absolute Gasteiger partial charge is 0.397 e. The summed E-state index contributed by atoms with van der Waals surface area (Å²) in [4.78, 5) is 14.0. The van der Waals surface area contributed by atoms with Gasteiger partial charge in [-0.2, -0.15) is 0 Å². The molecular formula is C17H25N3O. The Morgan fingerprint density at radius 1 is 1.29 bits per heavy atom. The molecule has 1 amide bonds. The molecule has 3 rings (SSSR count). The lowest BCUT2D eigenvalue weighted by Crippen LogP contribution is -2.26. The molecule has 0 aromatic heterocycles. The number of nitrogens with two attached hydrogens (primary N) is 1. The summed E-state index contributed by atoms with van der Waals surface area (Å²) in [6, 6.07) is 4.13. The maximum absolute atomic E-state index is 11.6. The minimum atomic E-state index is 0.111. The number of rotatable bonds is 2. The van der Waals surface area contributed by atoms with Crippen LogP contribution in [0.25, 0.3) is 0 Å². The fourth-order valence-electron chi connectivity index (χ4n) is 3.52. The summed E-state index contributed by atoms with van der Waals surface area (Å²) in [6.45, 7) is 4.41. The van der Waals surface area contributed by atoms with Gasteiger partial charge in [0.1, 0.15) is 0 Å². The Hall–Kier alpha value is -1.71. The van der Waals surface area contributed by atoms with E-state index in [9.17, 15) is 4.79 Å². The zero-order chi connectivity index (χ0) is 14.8. The average molecular weight is 287 g/mol. The van der Waals surface area contributed by atoms with Crippen molar-refractivity contribution in [3.63, 3.8) is 0 Å². The molecule has 0 saturated carbocycles. The first-order valence-electron chi connectivity index (χ1n) is 8.14. The smallest absolute Gasteiger partial charge is 0.224 e. The van der Waals surface area contributed by atoms with Gasteiger partial charge in [-0.05, 0) is 49.3 Å². The Bertz CT molecular complexity index is 541. The summed E-state index contributed by atoms with van der Waals surface area (Å²) in [7, 11) is 0. The van der Waals surface area contributed by atoms with Gasteiger partial charge in [0.25, 0.3) is 0 Å². The number of aryl methyl sites for hydroxylation is 1. The highest BCUT2D eigenvalue weighted by atomic mass is 16.1. The number of fused-ring (bicyclic) bond motifs is 1. The van der Waals surface area contributed by atoms with Crippen LogP contribution in [0, 0.1) is 5.92 Å². The molecule has 21 heavy (non-hydrogen) atoms. The van der Waals surface area contributed by atoms with E-state index in [1.807, 2.05) is 6.07 Å². The van der Waals surface area contributed by atoms with E-state index in [0.29, 0.717) is 6.42 Å². The number of nitrogens with one attached hydrogen (secondary N) is 1. The molecule has 2 heterocycles. The third-order valence-corrected chi connectivity index (χ3v) is 4.91. The molecule has 1 aromatic rings. The first kappa shape index (κ1) is 14.2. The van der Waals surface area contributed by atoms with Crippen molar-refractivity contribution in [3.8, 4) is 0 Å². The quantitative estimate of drug-likeness (QED) is 0.821. The highest BCUT2D eigenvalue weighted by Gasteiger charge is 2.21. The van der Waals surface area contributed by atoms with Crippen LogP contribution >= 0.6 is 0 Å². The molecule has 2 aliphatic heterocycles. The highest BCUT2D eigenvalue weighted by Crippen LogP contribution is 2.35. The van der Waals surface area contributed by atoms with E-state index in [0.717, 1.165) is 48.1 Å². The maximum atomic E-state index is 11.6. The molecule has 1 atom stereocenters. The first-order valence-corrected chi connectivity index (χ1v) is 8.14. The van der Waals surface area contributed by atoms with Crippen molar-refractivity contribution >= 4 is 23.0 Å². The fraction of sp³-hybridized carbons (Fsp3) is 0.588. The van der Waals surface area contributed by atoms with Crippen LogP contribution in [-0.2, 0) is 11.2 Å². The Morgan fingerprint density at radius 2 is 2.14 bits per heavy atom. The lowest BCUT2D eigenvalue weighted by atomic mass is 9.98. The molecule has 2 aliphatic rings. The van der Waals surface area contributed by atoms with E-state index < -0.39 is 0 Å². The lowest BCUT2D eigenvalue weighted by molar-refractivity contribution is -0.116. The molecular weight excluding hydrogens is 262 g/mol. The molecule has 1 unspecified atom stereocenters. The van der Waals surface area contributed by atoms with Crippen molar-refractivity contribution < 1.29 is 4.79 Å². The normalized spacial score (nSPS) is 22.4. The summed E-state index contributed by atoms with van der Waals surface area (Å²) >= 11 is 0. The van der Waals surface area contributed by atoms with Crippen LogP contribution in [-0.4, -0.2) is 19.0 Å². The van der Waals surface area contributed by atoms with Gasteiger partial charge in [0.05, 0.1) is 11.4 Å². The van der Waals surface area contributed by atoms with Gasteiger partial charge in [-0.1, -0.05) is 13.3 Å². The van der Waals surface area contributed by atoms with Gasteiger partial charge < -0.3 is 16.0 Å². The Morgan fingerprint density at radius 3 is 2.95 bits per heavy atom. The van der Waals surface area contributed by atoms with Crippen molar-refractivity contribution in [3.05, 3.63) is 17.7 Å². The molecule has 0 radical (unpaired) electrons. The van der Waals surface area contributed by atoms with E-state index in [4.69, 9.17) is 5.73 Å². The van der Waals surface area contributed by atoms with Crippen LogP contribution in [0.5, 0.6) is 0 Å². The predicted molar refractivity (Wildman–Crippen MR) is 87.7 cm³/mol. The number of hydrogen-bond donors (Lipinski definition) is 2. The Labute approximate surface area is 126 Å². The molecule has 3 N–H and O–H groups in total. The molecule has 1 saturated heterocycles. The third kappa shape index (κ3) is 2.99. The van der Waals surface area contributed by atoms with E-state index in [2.05, 4.69) is 23.2 Å². The predicted octanol–water partition coefficient (Wildman–Crippen LogP) is 3.17. The van der Waals surface area contributed by atoms with Crippen molar-refractivity contribution in [1.82, 2.24) is 0 Å². The standard InChI is InChI=1S/C17H25N3O/c1-2-12-4-3-8-20(9-7-12)16-11-15-13(10-14(16)18)5-6-17(21)19-15/h10-12H,2-9,18H2,1H3,(H,19,21). The summed E-state index contributed by atoms with van der Waals surface area (Å²) in [5.74, 6) is 0.952. The summed E-state index contributed by atoms with van der Waals surface area (Å²) < 4.78 is 0. The molecule has 0 aliphatic carbocycles. The van der Waals surface area contributed by atoms with Gasteiger partial charge in [0, 0.05) is 25.2 Å². The van der Waals surface area contributed by atoms with Crippen LogP contribution < -0.4 is 16.0 Å². The summed E-state index contributed by atoms with van der Waals surface area (Å²) in [5.41, 5.74) is 10.3. The zero-order valence-electron chi connectivity index (χ0n) is 12.8. The van der Waals surface area contributed by atoms with Gasteiger partial charge in [-0.3, -0.25) is 4.79 Å². The minimum absolute atomic E-state index is 0.111. The van der Waals surface area contributed by atoms with Gasteiger partial charge in [0.2, 0.25) is 5.91 Å². The van der Waals surface area contributed by atoms with Crippen LogP contribution in [0.1, 0.15) is 44.6 Å². The fourth-order valence-corrected chi connectivity index (χ4v) is 3.52. The van der Waals surface area contributed by atoms with Crippen LogP contribution in [0.3, 0.4) is 0 Å². The number of carbonyl (C=O) groups is 1. The van der Waals surface area contributed by atoms with Crippen molar-refractivity contribution in [2.75, 3.05) is 29.0 Å². The minimum Gasteiger partial charge on any atom is -0.397 e. The maximum Gasteiger partial charge on any atom is 0.224 e. The number of carbonyl (C=O) groups excluding carboxylic acids is 1. The monoisotopic (exact) mass is 287 g/mol. The van der Waals surface area contributed by atoms with Crippen LogP contribution in [0.2, 0.25) is 0 Å². The second-order valence-corrected chi connectivity index (χ2v) is 6.31. The topological polar surface area (TPSA) is 58.4 Å². The van der Waals surface area contributed by atoms with Gasteiger partial charge in [-0.15, -0.1) is 0 Å². The van der Waals surface area contributed by atoms with E-state index in [-0.39, 0.29) is 5.91 Å².